The van der Waals surface area contributed by atoms with Crippen LogP contribution in [0.5, 0.6) is 0 Å². The monoisotopic (exact) mass is 289 g/mol. The first-order valence-electron chi connectivity index (χ1n) is 5.16. The maximum absolute atomic E-state index is 11.1. The van der Waals surface area contributed by atoms with Gasteiger partial charge in [-0.2, -0.15) is 0 Å². The van der Waals surface area contributed by atoms with Crippen LogP contribution in [0.15, 0.2) is 34.0 Å². The highest BCUT2D eigenvalue weighted by molar-refractivity contribution is 6.41. The standard InChI is InChI=1S/C7H2ClNO3.C4H7FO2/c8-4-1-3-2-5(9(11)12)6(4)7(3)10;1-2-7-4(6)3-5/h1-2H;2-3H2,1H3. The Hall–Kier alpha value is -2.02. The quantitative estimate of drug-likeness (QED) is 0.448. The lowest BCUT2D eigenvalue weighted by Crippen LogP contribution is -2.04. The second kappa shape index (κ2) is 6.24. The lowest BCUT2D eigenvalue weighted by molar-refractivity contribution is -0.419. The van der Waals surface area contributed by atoms with Crippen molar-refractivity contribution in [2.24, 2.45) is 0 Å². The van der Waals surface area contributed by atoms with Gasteiger partial charge in [-0.25, -0.2) is 9.18 Å². The normalized spacial score (nSPS) is 15.6. The number of fused-ring (bicyclic) bond motifs is 2. The molecule has 0 aromatic heterocycles. The van der Waals surface area contributed by atoms with E-state index in [0.29, 0.717) is 5.57 Å². The van der Waals surface area contributed by atoms with E-state index in [-0.39, 0.29) is 28.7 Å². The zero-order valence-corrected chi connectivity index (χ0v) is 10.6. The summed E-state index contributed by atoms with van der Waals surface area (Å²) in [5.41, 5.74) is 0.140. The van der Waals surface area contributed by atoms with Crippen LogP contribution in [0, 0.1) is 10.1 Å². The number of rotatable bonds is 3. The van der Waals surface area contributed by atoms with Gasteiger partial charge < -0.3 is 4.74 Å². The summed E-state index contributed by atoms with van der Waals surface area (Å²) in [6.07, 6.45) is 2.68. The zero-order valence-electron chi connectivity index (χ0n) is 9.81. The van der Waals surface area contributed by atoms with Gasteiger partial charge in [0.05, 0.1) is 16.6 Å². The van der Waals surface area contributed by atoms with Crippen LogP contribution in [0.4, 0.5) is 4.39 Å². The second-order valence-electron chi connectivity index (χ2n) is 3.38. The summed E-state index contributed by atoms with van der Waals surface area (Å²) in [5, 5.41) is 10.5. The minimum atomic E-state index is -1.02. The smallest absolute Gasteiger partial charge is 0.337 e. The Balaban J connectivity index is 0.000000224. The van der Waals surface area contributed by atoms with Gasteiger partial charge in [0.2, 0.25) is 5.78 Å². The summed E-state index contributed by atoms with van der Waals surface area (Å²) in [7, 11) is 0. The predicted molar refractivity (Wildman–Crippen MR) is 63.7 cm³/mol. The number of Topliss-reactive ketones (excluding diaryl/α,β-unsaturated/α-hetero) is 1. The molecule has 0 atom stereocenters. The van der Waals surface area contributed by atoms with Crippen LogP contribution < -0.4 is 0 Å². The number of nitrogens with zero attached hydrogens (tertiary/aromatic N) is 1. The van der Waals surface area contributed by atoms with Crippen LogP contribution in [0.2, 0.25) is 0 Å². The largest absolute Gasteiger partial charge is 0.464 e. The van der Waals surface area contributed by atoms with Crippen molar-refractivity contribution < 1.29 is 23.6 Å². The van der Waals surface area contributed by atoms with E-state index in [2.05, 4.69) is 4.74 Å². The molecule has 0 N–H and O–H groups in total. The highest BCUT2D eigenvalue weighted by atomic mass is 35.5. The van der Waals surface area contributed by atoms with E-state index in [1.165, 1.54) is 12.2 Å². The topological polar surface area (TPSA) is 86.5 Å². The molecule has 2 rings (SSSR count). The molecule has 2 aliphatic rings. The molecule has 2 aliphatic carbocycles. The number of esters is 1. The van der Waals surface area contributed by atoms with Crippen LogP contribution >= 0.6 is 11.6 Å². The molecular formula is C11H9ClFNO5. The lowest BCUT2D eigenvalue weighted by Gasteiger charge is -1.93. The number of allylic oxidation sites excluding steroid dienone is 5. The number of halogens is 2. The molecule has 0 fully saturated rings. The van der Waals surface area contributed by atoms with Crippen LogP contribution in [0.3, 0.4) is 0 Å². The van der Waals surface area contributed by atoms with Crippen molar-refractivity contribution in [1.82, 2.24) is 0 Å². The molecular weight excluding hydrogens is 281 g/mol. The molecule has 0 spiro atoms. The number of hydrogen-bond donors (Lipinski definition) is 0. The first-order chi connectivity index (χ1) is 8.92. The van der Waals surface area contributed by atoms with Gasteiger partial charge in [-0.15, -0.1) is 0 Å². The fraction of sp³-hybridized carbons (Fsp3) is 0.273. The molecule has 0 amide bonds. The average molecular weight is 290 g/mol. The molecule has 0 saturated heterocycles. The van der Waals surface area contributed by atoms with E-state index in [9.17, 15) is 24.1 Å². The SMILES string of the molecule is CCOC(=O)CF.O=C1C2=CC([N+](=O)[O-])=C1C(Cl)=C2. The number of carbonyl (C=O) groups is 2. The number of nitro groups is 1. The minimum Gasteiger partial charge on any atom is -0.464 e. The highest BCUT2D eigenvalue weighted by Crippen LogP contribution is 2.37. The molecule has 19 heavy (non-hydrogen) atoms. The van der Waals surface area contributed by atoms with Crippen molar-refractivity contribution in [3.8, 4) is 0 Å². The average Bonchev–Trinajstić information content (AvgIpc) is 2.82. The molecule has 0 saturated carbocycles. The van der Waals surface area contributed by atoms with E-state index >= 15 is 0 Å². The Morgan fingerprint density at radius 2 is 2.16 bits per heavy atom. The van der Waals surface area contributed by atoms with Gasteiger partial charge >= 0.3 is 5.97 Å². The summed E-state index contributed by atoms with van der Waals surface area (Å²) in [6.45, 7) is 0.865. The second-order valence-corrected chi connectivity index (χ2v) is 3.78. The third-order valence-electron chi connectivity index (χ3n) is 2.17. The van der Waals surface area contributed by atoms with E-state index in [4.69, 9.17) is 11.6 Å². The van der Waals surface area contributed by atoms with E-state index in [1.54, 1.807) is 6.92 Å². The molecule has 0 aromatic rings. The first kappa shape index (κ1) is 15.0. The van der Waals surface area contributed by atoms with Gasteiger partial charge in [0.15, 0.2) is 6.67 Å². The summed E-state index contributed by atoms with van der Waals surface area (Å²) in [4.78, 5) is 30.7. The number of ketones is 1. The molecule has 0 aliphatic heterocycles. The fourth-order valence-corrected chi connectivity index (χ4v) is 1.74. The molecule has 0 unspecified atom stereocenters. The molecule has 2 bridgehead atoms. The van der Waals surface area contributed by atoms with Crippen molar-refractivity contribution >= 4 is 23.4 Å². The van der Waals surface area contributed by atoms with E-state index in [0.717, 1.165) is 0 Å². The maximum atomic E-state index is 11.1. The Morgan fingerprint density at radius 1 is 1.53 bits per heavy atom. The number of carbonyl (C=O) groups excluding carboxylic acids is 2. The van der Waals surface area contributed by atoms with Crippen molar-refractivity contribution in [3.63, 3.8) is 0 Å². The molecule has 0 radical (unpaired) electrons. The highest BCUT2D eigenvalue weighted by Gasteiger charge is 2.38. The summed E-state index contributed by atoms with van der Waals surface area (Å²) in [5.74, 6) is -1.13. The van der Waals surface area contributed by atoms with Gasteiger partial charge in [-0.1, -0.05) is 11.6 Å². The van der Waals surface area contributed by atoms with Gasteiger partial charge in [0.1, 0.15) is 5.57 Å². The Labute approximate surface area is 112 Å². The number of alkyl halides is 1. The first-order valence-corrected chi connectivity index (χ1v) is 5.54. The van der Waals surface area contributed by atoms with Gasteiger partial charge in [-0.05, 0) is 13.0 Å². The van der Waals surface area contributed by atoms with E-state index < -0.39 is 17.6 Å². The van der Waals surface area contributed by atoms with Crippen molar-refractivity contribution in [1.29, 1.82) is 0 Å². The third-order valence-corrected chi connectivity index (χ3v) is 2.47. The van der Waals surface area contributed by atoms with E-state index in [1.807, 2.05) is 0 Å². The summed E-state index contributed by atoms with van der Waals surface area (Å²) >= 11 is 5.58. The molecule has 0 heterocycles. The Bertz CT molecular complexity index is 535. The Kier molecular flexibility index (Phi) is 4.94. The Morgan fingerprint density at radius 3 is 2.42 bits per heavy atom. The van der Waals surface area contributed by atoms with Crippen LogP contribution in [0.25, 0.3) is 0 Å². The minimum absolute atomic E-state index is 0.0247. The molecule has 6 nitrogen and oxygen atoms in total. The summed E-state index contributed by atoms with van der Waals surface area (Å²) in [6, 6.07) is 0. The maximum Gasteiger partial charge on any atom is 0.337 e. The van der Waals surface area contributed by atoms with Crippen molar-refractivity contribution in [3.05, 3.63) is 44.1 Å². The summed E-state index contributed by atoms with van der Waals surface area (Å²) < 4.78 is 15.3. The zero-order chi connectivity index (χ0) is 14.6. The fourth-order valence-electron chi connectivity index (χ4n) is 1.44. The molecule has 8 heteroatoms. The van der Waals surface area contributed by atoms with Gasteiger partial charge in [-0.3, -0.25) is 14.9 Å². The van der Waals surface area contributed by atoms with Crippen LogP contribution in [0.1, 0.15) is 6.92 Å². The van der Waals surface area contributed by atoms with Crippen molar-refractivity contribution in [2.75, 3.05) is 13.3 Å². The third kappa shape index (κ3) is 3.25. The molecule has 0 aromatic carbocycles. The van der Waals surface area contributed by atoms with Crippen LogP contribution in [-0.2, 0) is 14.3 Å². The van der Waals surface area contributed by atoms with Gasteiger partial charge in [0, 0.05) is 11.6 Å². The number of hydrogen-bond acceptors (Lipinski definition) is 5. The van der Waals surface area contributed by atoms with Crippen LogP contribution in [-0.4, -0.2) is 30.0 Å². The lowest BCUT2D eigenvalue weighted by atomic mass is 10.2. The van der Waals surface area contributed by atoms with Crippen molar-refractivity contribution in [2.45, 2.75) is 6.92 Å². The predicted octanol–water partition coefficient (Wildman–Crippen LogP) is 1.68. The molecule has 102 valence electrons. The van der Waals surface area contributed by atoms with Gasteiger partial charge in [0.25, 0.3) is 5.70 Å². The number of ether oxygens (including phenoxy) is 1.